The number of aliphatic hydroxyl groups is 1. The third-order valence-corrected chi connectivity index (χ3v) is 4.11. The van der Waals surface area contributed by atoms with E-state index in [4.69, 9.17) is 0 Å². The Morgan fingerprint density at radius 1 is 1.38 bits per heavy atom. The molecule has 1 fully saturated rings. The molecule has 1 aliphatic carbocycles. The van der Waals surface area contributed by atoms with Gasteiger partial charge in [-0.2, -0.15) is 4.68 Å². The Bertz CT molecular complexity index is 585. The van der Waals surface area contributed by atoms with Crippen LogP contribution in [0.5, 0.6) is 0 Å². The van der Waals surface area contributed by atoms with Gasteiger partial charge in [0.15, 0.2) is 0 Å². The fourth-order valence-corrected chi connectivity index (χ4v) is 3.08. The highest BCUT2D eigenvalue weighted by molar-refractivity contribution is 5.38. The standard InChI is InChI=1S/C15H21N5O/c1-12-6-5-9-15(21,10-12)11-16-14-17-18-19-20(14)13-7-3-2-4-8-13/h2-4,7-8,12,21H,5-6,9-11H2,1H3,(H,16,17,19). The lowest BCUT2D eigenvalue weighted by Gasteiger charge is -2.35. The number of rotatable bonds is 4. The first-order valence-corrected chi connectivity index (χ1v) is 7.46. The Morgan fingerprint density at radius 2 is 2.19 bits per heavy atom. The van der Waals surface area contributed by atoms with Crippen LogP contribution in [0.2, 0.25) is 0 Å². The molecule has 6 heteroatoms. The summed E-state index contributed by atoms with van der Waals surface area (Å²) in [6, 6.07) is 9.72. The summed E-state index contributed by atoms with van der Waals surface area (Å²) in [6.45, 7) is 2.67. The predicted molar refractivity (Wildman–Crippen MR) is 80.2 cm³/mol. The number of hydrogen-bond donors (Lipinski definition) is 2. The zero-order chi connectivity index (χ0) is 14.7. The van der Waals surface area contributed by atoms with Crippen molar-refractivity contribution in [3.63, 3.8) is 0 Å². The summed E-state index contributed by atoms with van der Waals surface area (Å²) in [4.78, 5) is 0. The van der Waals surface area contributed by atoms with E-state index in [0.29, 0.717) is 18.4 Å². The van der Waals surface area contributed by atoms with Crippen molar-refractivity contribution in [1.82, 2.24) is 20.2 Å². The first-order chi connectivity index (χ1) is 10.2. The Balaban J connectivity index is 1.70. The number of aromatic nitrogens is 4. The number of para-hydroxylation sites is 1. The smallest absolute Gasteiger partial charge is 0.247 e. The van der Waals surface area contributed by atoms with Gasteiger partial charge in [0, 0.05) is 6.54 Å². The SMILES string of the molecule is CC1CCCC(O)(CNc2nnnn2-c2ccccc2)C1. The van der Waals surface area contributed by atoms with Crippen molar-refractivity contribution in [1.29, 1.82) is 0 Å². The van der Waals surface area contributed by atoms with Crippen LogP contribution in [0.15, 0.2) is 30.3 Å². The first-order valence-electron chi connectivity index (χ1n) is 7.46. The molecule has 1 aromatic heterocycles. The van der Waals surface area contributed by atoms with Gasteiger partial charge in [-0.05, 0) is 41.3 Å². The summed E-state index contributed by atoms with van der Waals surface area (Å²) in [5.41, 5.74) is 0.236. The average Bonchev–Trinajstić information content (AvgIpc) is 2.94. The molecule has 2 unspecified atom stereocenters. The number of nitrogens with zero attached hydrogens (tertiary/aromatic N) is 4. The Kier molecular flexibility index (Phi) is 3.88. The Hall–Kier alpha value is -1.95. The van der Waals surface area contributed by atoms with Gasteiger partial charge in [-0.25, -0.2) is 0 Å². The second-order valence-corrected chi connectivity index (χ2v) is 6.03. The van der Waals surface area contributed by atoms with Crippen LogP contribution >= 0.6 is 0 Å². The number of tetrazole rings is 1. The van der Waals surface area contributed by atoms with Crippen LogP contribution in [-0.2, 0) is 0 Å². The molecule has 1 heterocycles. The molecule has 0 saturated heterocycles. The second kappa shape index (κ2) is 5.81. The molecule has 2 N–H and O–H groups in total. The van der Waals surface area contributed by atoms with Gasteiger partial charge in [0.1, 0.15) is 0 Å². The normalized spacial score (nSPS) is 25.7. The molecule has 1 saturated carbocycles. The minimum absolute atomic E-state index is 0.477. The highest BCUT2D eigenvalue weighted by Gasteiger charge is 2.32. The number of benzene rings is 1. The quantitative estimate of drug-likeness (QED) is 0.899. The van der Waals surface area contributed by atoms with Gasteiger partial charge in [0.05, 0.1) is 11.3 Å². The lowest BCUT2D eigenvalue weighted by molar-refractivity contribution is -0.000925. The minimum Gasteiger partial charge on any atom is -0.388 e. The molecule has 21 heavy (non-hydrogen) atoms. The molecule has 6 nitrogen and oxygen atoms in total. The van der Waals surface area contributed by atoms with E-state index in [0.717, 1.165) is 24.9 Å². The summed E-state index contributed by atoms with van der Waals surface area (Å²) in [7, 11) is 0. The van der Waals surface area contributed by atoms with Crippen LogP contribution in [0.3, 0.4) is 0 Å². The fourth-order valence-electron chi connectivity index (χ4n) is 3.08. The Morgan fingerprint density at radius 3 is 2.95 bits per heavy atom. The van der Waals surface area contributed by atoms with E-state index < -0.39 is 5.60 Å². The number of anilines is 1. The summed E-state index contributed by atoms with van der Waals surface area (Å²) < 4.78 is 1.65. The maximum atomic E-state index is 10.7. The van der Waals surface area contributed by atoms with Crippen LogP contribution in [-0.4, -0.2) is 37.5 Å². The molecule has 0 radical (unpaired) electrons. The monoisotopic (exact) mass is 287 g/mol. The van der Waals surface area contributed by atoms with E-state index in [1.54, 1.807) is 4.68 Å². The molecule has 2 atom stereocenters. The molecule has 2 aromatic rings. The molecule has 112 valence electrons. The highest BCUT2D eigenvalue weighted by Crippen LogP contribution is 2.32. The zero-order valence-corrected chi connectivity index (χ0v) is 12.2. The molecule has 0 aliphatic heterocycles. The first kappa shape index (κ1) is 14.0. The molecular formula is C15H21N5O. The van der Waals surface area contributed by atoms with Crippen LogP contribution in [0.25, 0.3) is 5.69 Å². The second-order valence-electron chi connectivity index (χ2n) is 6.03. The fraction of sp³-hybridized carbons (Fsp3) is 0.533. The van der Waals surface area contributed by atoms with E-state index in [-0.39, 0.29) is 0 Å². The van der Waals surface area contributed by atoms with Crippen molar-refractivity contribution in [2.75, 3.05) is 11.9 Å². The molecule has 1 aromatic carbocycles. The zero-order valence-electron chi connectivity index (χ0n) is 12.2. The van der Waals surface area contributed by atoms with E-state index >= 15 is 0 Å². The molecular weight excluding hydrogens is 266 g/mol. The largest absolute Gasteiger partial charge is 0.388 e. The molecule has 3 rings (SSSR count). The van der Waals surface area contributed by atoms with Gasteiger partial charge in [0.2, 0.25) is 5.95 Å². The molecule has 0 spiro atoms. The predicted octanol–water partition coefficient (Wildman–Crippen LogP) is 2.02. The van der Waals surface area contributed by atoms with Gasteiger partial charge >= 0.3 is 0 Å². The van der Waals surface area contributed by atoms with Gasteiger partial charge in [0.25, 0.3) is 0 Å². The van der Waals surface area contributed by atoms with E-state index in [1.165, 1.54) is 6.42 Å². The maximum absolute atomic E-state index is 10.7. The van der Waals surface area contributed by atoms with Crippen molar-refractivity contribution in [2.45, 2.75) is 38.2 Å². The lowest BCUT2D eigenvalue weighted by atomic mass is 9.79. The summed E-state index contributed by atoms with van der Waals surface area (Å²) >= 11 is 0. The van der Waals surface area contributed by atoms with Crippen LogP contribution < -0.4 is 5.32 Å². The van der Waals surface area contributed by atoms with Crippen molar-refractivity contribution in [3.05, 3.63) is 30.3 Å². The molecule has 0 amide bonds. The molecule has 1 aliphatic rings. The van der Waals surface area contributed by atoms with Crippen molar-refractivity contribution in [3.8, 4) is 5.69 Å². The van der Waals surface area contributed by atoms with Gasteiger partial charge in [-0.3, -0.25) is 0 Å². The van der Waals surface area contributed by atoms with Crippen LogP contribution in [0.4, 0.5) is 5.95 Å². The summed E-state index contributed by atoms with van der Waals surface area (Å²) in [6.07, 6.45) is 3.93. The third-order valence-electron chi connectivity index (χ3n) is 4.11. The van der Waals surface area contributed by atoms with Crippen molar-refractivity contribution >= 4 is 5.95 Å². The van der Waals surface area contributed by atoms with Gasteiger partial charge in [-0.1, -0.05) is 43.1 Å². The van der Waals surface area contributed by atoms with Crippen LogP contribution in [0.1, 0.15) is 32.6 Å². The van der Waals surface area contributed by atoms with E-state index in [9.17, 15) is 5.11 Å². The van der Waals surface area contributed by atoms with E-state index in [1.807, 2.05) is 30.3 Å². The van der Waals surface area contributed by atoms with Crippen molar-refractivity contribution in [2.24, 2.45) is 5.92 Å². The van der Waals surface area contributed by atoms with E-state index in [2.05, 4.69) is 27.8 Å². The van der Waals surface area contributed by atoms with Crippen LogP contribution in [0, 0.1) is 5.92 Å². The molecule has 0 bridgehead atoms. The average molecular weight is 287 g/mol. The number of nitrogens with one attached hydrogen (secondary N) is 1. The third kappa shape index (κ3) is 3.21. The van der Waals surface area contributed by atoms with Gasteiger partial charge < -0.3 is 10.4 Å². The van der Waals surface area contributed by atoms with Crippen molar-refractivity contribution < 1.29 is 5.11 Å². The Labute approximate surface area is 124 Å². The lowest BCUT2D eigenvalue weighted by Crippen LogP contribution is -2.41. The van der Waals surface area contributed by atoms with Gasteiger partial charge in [-0.15, -0.1) is 0 Å². The topological polar surface area (TPSA) is 75.9 Å². The summed E-state index contributed by atoms with van der Waals surface area (Å²) in [5.74, 6) is 1.13. The highest BCUT2D eigenvalue weighted by atomic mass is 16.3. The number of hydrogen-bond acceptors (Lipinski definition) is 5. The summed E-state index contributed by atoms with van der Waals surface area (Å²) in [5, 5.41) is 25.6. The minimum atomic E-state index is -0.662. The maximum Gasteiger partial charge on any atom is 0.247 e.